The van der Waals surface area contributed by atoms with E-state index in [2.05, 4.69) is 0 Å². The van der Waals surface area contributed by atoms with Crippen molar-refractivity contribution in [3.8, 4) is 0 Å². The van der Waals surface area contributed by atoms with Gasteiger partial charge in [0.25, 0.3) is 0 Å². The van der Waals surface area contributed by atoms with E-state index in [4.69, 9.17) is 0 Å². The lowest BCUT2D eigenvalue weighted by Gasteiger charge is -2.31. The Morgan fingerprint density at radius 3 is 2.16 bits per heavy atom. The minimum atomic E-state index is -0.958. The highest BCUT2D eigenvalue weighted by Gasteiger charge is 2.58. The number of carboxylic acid groups (broad SMARTS) is 2. The van der Waals surface area contributed by atoms with E-state index in [-0.39, 0.29) is 17.8 Å². The number of hydrogen-bond acceptors (Lipinski definition) is 2. The minimum Gasteiger partial charge on any atom is -0.481 e. The Kier molecular flexibility index (Phi) is 2.81. The second-order valence-corrected chi connectivity index (χ2v) is 5.64. The Bertz CT molecular complexity index is 510. The van der Waals surface area contributed by atoms with E-state index in [0.717, 1.165) is 18.4 Å². The van der Waals surface area contributed by atoms with Gasteiger partial charge in [-0.05, 0) is 36.2 Å². The Balaban J connectivity index is 1.92. The van der Waals surface area contributed by atoms with Crippen LogP contribution < -0.4 is 0 Å². The van der Waals surface area contributed by atoms with Crippen LogP contribution in [-0.4, -0.2) is 22.2 Å². The van der Waals surface area contributed by atoms with Gasteiger partial charge in [-0.3, -0.25) is 9.59 Å². The van der Waals surface area contributed by atoms with Crippen molar-refractivity contribution in [2.45, 2.75) is 18.8 Å². The summed E-state index contributed by atoms with van der Waals surface area (Å²) in [6.45, 7) is 0. The van der Waals surface area contributed by atoms with Gasteiger partial charge in [0.2, 0.25) is 0 Å². The monoisotopic (exact) mass is 260 g/mol. The van der Waals surface area contributed by atoms with Crippen LogP contribution in [0.25, 0.3) is 0 Å². The minimum absolute atomic E-state index is 0.00815. The second-order valence-electron chi connectivity index (χ2n) is 5.64. The molecule has 0 heterocycles. The molecule has 1 aromatic rings. The smallest absolute Gasteiger partial charge is 0.307 e. The van der Waals surface area contributed by atoms with Crippen LogP contribution in [0.2, 0.25) is 0 Å². The van der Waals surface area contributed by atoms with Gasteiger partial charge in [-0.15, -0.1) is 0 Å². The third kappa shape index (κ3) is 1.82. The topological polar surface area (TPSA) is 74.6 Å². The molecule has 2 N–H and O–H groups in total. The fourth-order valence-electron chi connectivity index (χ4n) is 4.14. The maximum absolute atomic E-state index is 11.4. The fourth-order valence-corrected chi connectivity index (χ4v) is 4.14. The number of aliphatic carboxylic acids is 2. The first-order valence-corrected chi connectivity index (χ1v) is 6.60. The van der Waals surface area contributed by atoms with Gasteiger partial charge in [0.1, 0.15) is 0 Å². The van der Waals surface area contributed by atoms with E-state index in [1.54, 1.807) is 0 Å². The van der Waals surface area contributed by atoms with Crippen LogP contribution in [-0.2, 0) is 9.59 Å². The van der Waals surface area contributed by atoms with Crippen molar-refractivity contribution in [2.24, 2.45) is 23.7 Å². The Morgan fingerprint density at radius 2 is 1.58 bits per heavy atom. The SMILES string of the molecule is O=C(O)[C@@H]1[C@H]2C[C@@H]([C@@H]1C(=O)O)[C@H](c1ccccc1)C2. The molecule has 4 nitrogen and oxygen atoms in total. The lowest BCUT2D eigenvalue weighted by atomic mass is 9.71. The molecule has 0 aromatic heterocycles. The lowest BCUT2D eigenvalue weighted by molar-refractivity contribution is -0.156. The van der Waals surface area contributed by atoms with Crippen molar-refractivity contribution >= 4 is 11.9 Å². The van der Waals surface area contributed by atoms with Crippen LogP contribution in [0.1, 0.15) is 24.3 Å². The summed E-state index contributed by atoms with van der Waals surface area (Å²) in [5, 5.41) is 18.6. The van der Waals surface area contributed by atoms with Crippen molar-refractivity contribution < 1.29 is 19.8 Å². The second kappa shape index (κ2) is 4.37. The van der Waals surface area contributed by atoms with Crippen LogP contribution in [0.3, 0.4) is 0 Å². The Labute approximate surface area is 111 Å². The van der Waals surface area contributed by atoms with E-state index in [9.17, 15) is 19.8 Å². The van der Waals surface area contributed by atoms with Crippen LogP contribution in [0.4, 0.5) is 0 Å². The molecular weight excluding hydrogens is 244 g/mol. The Hall–Kier alpha value is -1.84. The molecule has 2 bridgehead atoms. The molecule has 2 saturated carbocycles. The van der Waals surface area contributed by atoms with Crippen molar-refractivity contribution in [3.05, 3.63) is 35.9 Å². The molecule has 0 aliphatic heterocycles. The highest BCUT2D eigenvalue weighted by molar-refractivity contribution is 5.82. The molecule has 0 unspecified atom stereocenters. The summed E-state index contributed by atoms with van der Waals surface area (Å²) in [6, 6.07) is 9.86. The lowest BCUT2D eigenvalue weighted by Crippen LogP contribution is -2.37. The summed E-state index contributed by atoms with van der Waals surface area (Å²) in [5.74, 6) is -3.18. The molecule has 1 aromatic carbocycles. The standard InChI is InChI=1S/C15H16O4/c16-14(17)12-9-6-10(8-4-2-1-3-5-8)11(7-9)13(12)15(18)19/h1-5,9-13H,6-7H2,(H,16,17)(H,18,19)/t9-,10+,11-,12-,13+/m1/s1. The maximum atomic E-state index is 11.4. The van der Waals surface area contributed by atoms with Crippen LogP contribution in [0.15, 0.2) is 30.3 Å². The van der Waals surface area contributed by atoms with Crippen molar-refractivity contribution in [2.75, 3.05) is 0 Å². The summed E-state index contributed by atoms with van der Waals surface area (Å²) in [5.41, 5.74) is 1.14. The average Bonchev–Trinajstić information content (AvgIpc) is 2.96. The largest absolute Gasteiger partial charge is 0.481 e. The van der Waals surface area contributed by atoms with Crippen LogP contribution in [0, 0.1) is 23.7 Å². The van der Waals surface area contributed by atoms with Gasteiger partial charge in [-0.25, -0.2) is 0 Å². The van der Waals surface area contributed by atoms with E-state index < -0.39 is 23.8 Å². The normalized spacial score (nSPS) is 36.3. The first-order valence-electron chi connectivity index (χ1n) is 6.60. The van der Waals surface area contributed by atoms with E-state index in [1.165, 1.54) is 0 Å². The van der Waals surface area contributed by atoms with Crippen molar-refractivity contribution in [3.63, 3.8) is 0 Å². The number of carbonyl (C=O) groups is 2. The molecule has 19 heavy (non-hydrogen) atoms. The van der Waals surface area contributed by atoms with Crippen molar-refractivity contribution in [1.29, 1.82) is 0 Å². The molecule has 0 radical (unpaired) electrons. The first-order chi connectivity index (χ1) is 9.09. The molecule has 2 aliphatic rings. The third-order valence-electron chi connectivity index (χ3n) is 4.80. The maximum Gasteiger partial charge on any atom is 0.307 e. The molecular formula is C15H16O4. The predicted molar refractivity (Wildman–Crippen MR) is 67.6 cm³/mol. The van der Waals surface area contributed by atoms with Gasteiger partial charge in [-0.2, -0.15) is 0 Å². The molecule has 0 saturated heterocycles. The van der Waals surface area contributed by atoms with Crippen LogP contribution in [0.5, 0.6) is 0 Å². The van der Waals surface area contributed by atoms with Gasteiger partial charge in [0, 0.05) is 0 Å². The summed E-state index contributed by atoms with van der Waals surface area (Å²) < 4.78 is 0. The summed E-state index contributed by atoms with van der Waals surface area (Å²) in [7, 11) is 0. The number of benzene rings is 1. The number of hydrogen-bond donors (Lipinski definition) is 2. The quantitative estimate of drug-likeness (QED) is 0.873. The zero-order chi connectivity index (χ0) is 13.6. The molecule has 100 valence electrons. The molecule has 0 amide bonds. The molecule has 2 aliphatic carbocycles. The van der Waals surface area contributed by atoms with E-state index in [1.807, 2.05) is 30.3 Å². The predicted octanol–water partition coefficient (Wildman–Crippen LogP) is 2.21. The average molecular weight is 260 g/mol. The molecule has 0 spiro atoms. The first kappa shape index (κ1) is 12.2. The fraction of sp³-hybridized carbons (Fsp3) is 0.467. The number of fused-ring (bicyclic) bond motifs is 2. The van der Waals surface area contributed by atoms with E-state index in [0.29, 0.717) is 0 Å². The number of carboxylic acids is 2. The van der Waals surface area contributed by atoms with Crippen LogP contribution >= 0.6 is 0 Å². The van der Waals surface area contributed by atoms with Gasteiger partial charge in [-0.1, -0.05) is 30.3 Å². The van der Waals surface area contributed by atoms with Gasteiger partial charge < -0.3 is 10.2 Å². The highest BCUT2D eigenvalue weighted by Crippen LogP contribution is 2.58. The zero-order valence-corrected chi connectivity index (χ0v) is 10.4. The zero-order valence-electron chi connectivity index (χ0n) is 10.4. The summed E-state index contributed by atoms with van der Waals surface area (Å²) in [6.07, 6.45) is 1.53. The van der Waals surface area contributed by atoms with Gasteiger partial charge >= 0.3 is 11.9 Å². The molecule has 5 atom stereocenters. The van der Waals surface area contributed by atoms with E-state index >= 15 is 0 Å². The summed E-state index contributed by atoms with van der Waals surface area (Å²) >= 11 is 0. The van der Waals surface area contributed by atoms with Gasteiger partial charge in [0.05, 0.1) is 11.8 Å². The molecule has 2 fully saturated rings. The molecule has 4 heteroatoms. The number of rotatable bonds is 3. The van der Waals surface area contributed by atoms with Crippen molar-refractivity contribution in [1.82, 2.24) is 0 Å². The summed E-state index contributed by atoms with van der Waals surface area (Å²) in [4.78, 5) is 22.7. The third-order valence-corrected chi connectivity index (χ3v) is 4.80. The molecule has 3 rings (SSSR count). The Morgan fingerprint density at radius 1 is 0.947 bits per heavy atom. The highest BCUT2D eigenvalue weighted by atomic mass is 16.4. The van der Waals surface area contributed by atoms with Gasteiger partial charge in [0.15, 0.2) is 0 Å².